The Labute approximate surface area is 435 Å². The van der Waals surface area contributed by atoms with Crippen LogP contribution in [0.25, 0.3) is 0 Å². The molecule has 0 aromatic carbocycles. The third-order valence-electron chi connectivity index (χ3n) is 10.2. The number of allylic oxidation sites excluding steroid dienone is 24. The molecule has 0 spiro atoms. The van der Waals surface area contributed by atoms with Gasteiger partial charge in [-0.1, -0.05) is 192 Å². The molecule has 11 nitrogen and oxygen atoms in total. The molecular formula is C60H93O11P. The van der Waals surface area contributed by atoms with Crippen LogP contribution < -0.4 is 0 Å². The van der Waals surface area contributed by atoms with Crippen molar-refractivity contribution in [3.63, 3.8) is 0 Å². The summed E-state index contributed by atoms with van der Waals surface area (Å²) in [6.07, 6.45) is 67.1. The maximum Gasteiger partial charge on any atom is 0.472 e. The highest BCUT2D eigenvalue weighted by Crippen LogP contribution is 2.43. The molecule has 0 aromatic heterocycles. The first-order chi connectivity index (χ1) is 35.2. The minimum Gasteiger partial charge on any atom is -0.462 e. The maximum atomic E-state index is 12.9. The van der Waals surface area contributed by atoms with Crippen LogP contribution in [0.2, 0.25) is 0 Å². The number of carbonyl (C=O) groups excluding carboxylic acids is 3. The third-order valence-corrected chi connectivity index (χ3v) is 11.2. The number of ether oxygens (including phenoxy) is 3. The van der Waals surface area contributed by atoms with E-state index in [1.807, 2.05) is 24.3 Å². The van der Waals surface area contributed by atoms with Crippen molar-refractivity contribution in [2.45, 2.75) is 187 Å². The molecule has 2 N–H and O–H groups in total. The summed E-state index contributed by atoms with van der Waals surface area (Å²) in [4.78, 5) is 48.3. The van der Waals surface area contributed by atoms with E-state index in [1.165, 1.54) is 0 Å². The van der Waals surface area contributed by atoms with Crippen molar-refractivity contribution < 1.29 is 52.2 Å². The van der Waals surface area contributed by atoms with Gasteiger partial charge < -0.3 is 24.2 Å². The Morgan fingerprint density at radius 3 is 1.19 bits per heavy atom. The number of hydrogen-bond donors (Lipinski definition) is 2. The summed E-state index contributed by atoms with van der Waals surface area (Å²) in [5.74, 6) is -1.70. The Hall–Kier alpha value is -4.64. The summed E-state index contributed by atoms with van der Waals surface area (Å²) in [6.45, 7) is 4.12. The number of phosphoric ester groups is 1. The van der Waals surface area contributed by atoms with Crippen molar-refractivity contribution in [3.05, 3.63) is 146 Å². The first kappa shape index (κ1) is 67.4. The van der Waals surface area contributed by atoms with Gasteiger partial charge in [0.15, 0.2) is 6.10 Å². The number of aliphatic hydroxyl groups is 1. The van der Waals surface area contributed by atoms with Crippen molar-refractivity contribution in [1.82, 2.24) is 0 Å². The molecule has 0 fully saturated rings. The van der Waals surface area contributed by atoms with E-state index >= 15 is 0 Å². The second kappa shape index (κ2) is 52.7. The second-order valence-corrected chi connectivity index (χ2v) is 18.4. The highest BCUT2D eigenvalue weighted by atomic mass is 31.2. The maximum absolute atomic E-state index is 12.9. The number of unbranched alkanes of at least 4 members (excludes halogenated alkanes) is 6. The summed E-state index contributed by atoms with van der Waals surface area (Å²) >= 11 is 0. The zero-order valence-corrected chi connectivity index (χ0v) is 45.2. The molecular weight excluding hydrogens is 928 g/mol. The average Bonchev–Trinajstić information content (AvgIpc) is 3.37. The number of hydrogen-bond acceptors (Lipinski definition) is 10. The third kappa shape index (κ3) is 50.3. The van der Waals surface area contributed by atoms with Gasteiger partial charge in [0.05, 0.1) is 19.8 Å². The molecule has 0 radical (unpaired) electrons. The van der Waals surface area contributed by atoms with Gasteiger partial charge in [-0.3, -0.25) is 23.4 Å². The number of aliphatic hydroxyl groups excluding tert-OH is 1. The van der Waals surface area contributed by atoms with Gasteiger partial charge in [-0.25, -0.2) is 4.57 Å². The normalized spacial score (nSPS) is 14.6. The van der Waals surface area contributed by atoms with Gasteiger partial charge in [0, 0.05) is 19.3 Å². The first-order valence-electron chi connectivity index (χ1n) is 26.7. The van der Waals surface area contributed by atoms with E-state index in [0.29, 0.717) is 25.7 Å². The average molecular weight is 1020 g/mol. The van der Waals surface area contributed by atoms with E-state index in [1.54, 1.807) is 0 Å². The number of carbonyl (C=O) groups is 3. The van der Waals surface area contributed by atoms with Crippen LogP contribution in [0.1, 0.15) is 175 Å². The predicted octanol–water partition coefficient (Wildman–Crippen LogP) is 15.6. The van der Waals surface area contributed by atoms with Gasteiger partial charge >= 0.3 is 25.7 Å². The SMILES string of the molecule is CC/C=C\C/C=C\C/C=C\C/C=C\C/C=C\C/C=C\CCC(=O)OC(COC(=O)CC/C=C\C/C=C\C/C=C\C/C=C\CC)COP(=O)(O)OCC(CO)OC(=O)CCCCCCC/C=C\C/C=C\CCC. The molecule has 0 saturated heterocycles. The van der Waals surface area contributed by atoms with Gasteiger partial charge in [-0.15, -0.1) is 0 Å². The van der Waals surface area contributed by atoms with Crippen molar-refractivity contribution in [2.24, 2.45) is 0 Å². The molecule has 0 aromatic rings. The summed E-state index contributed by atoms with van der Waals surface area (Å²) < 4.78 is 39.2. The Morgan fingerprint density at radius 2 is 0.750 bits per heavy atom. The Morgan fingerprint density at radius 1 is 0.403 bits per heavy atom. The number of esters is 3. The molecule has 404 valence electrons. The van der Waals surface area contributed by atoms with E-state index in [4.69, 9.17) is 23.3 Å². The Balaban J connectivity index is 4.96. The van der Waals surface area contributed by atoms with Crippen LogP contribution in [0.4, 0.5) is 0 Å². The van der Waals surface area contributed by atoms with Crippen molar-refractivity contribution in [1.29, 1.82) is 0 Å². The van der Waals surface area contributed by atoms with Crippen LogP contribution in [0, 0.1) is 0 Å². The van der Waals surface area contributed by atoms with Gasteiger partial charge in [0.2, 0.25) is 0 Å². The largest absolute Gasteiger partial charge is 0.472 e. The zero-order chi connectivity index (χ0) is 52.7. The van der Waals surface area contributed by atoms with Crippen LogP contribution in [-0.2, 0) is 42.2 Å². The first-order valence-corrected chi connectivity index (χ1v) is 28.2. The fourth-order valence-corrected chi connectivity index (χ4v) is 7.04. The topological polar surface area (TPSA) is 155 Å². The molecule has 0 saturated carbocycles. The van der Waals surface area contributed by atoms with Crippen LogP contribution in [0.3, 0.4) is 0 Å². The monoisotopic (exact) mass is 1020 g/mol. The van der Waals surface area contributed by atoms with E-state index in [0.717, 1.165) is 109 Å². The quantitative estimate of drug-likeness (QED) is 0.0197. The lowest BCUT2D eigenvalue weighted by molar-refractivity contribution is -0.161. The highest BCUT2D eigenvalue weighted by Gasteiger charge is 2.28. The van der Waals surface area contributed by atoms with Gasteiger partial charge in [-0.2, -0.15) is 0 Å². The number of rotatable bonds is 47. The smallest absolute Gasteiger partial charge is 0.462 e. The predicted molar refractivity (Wildman–Crippen MR) is 297 cm³/mol. The molecule has 0 aliphatic rings. The van der Waals surface area contributed by atoms with Crippen molar-refractivity contribution >= 4 is 25.7 Å². The Kier molecular flexibility index (Phi) is 49.3. The van der Waals surface area contributed by atoms with E-state index in [-0.39, 0.29) is 19.3 Å². The van der Waals surface area contributed by atoms with Crippen LogP contribution in [0.5, 0.6) is 0 Å². The lowest BCUT2D eigenvalue weighted by Gasteiger charge is -2.21. The van der Waals surface area contributed by atoms with E-state index < -0.39 is 64.4 Å². The molecule has 0 heterocycles. The summed E-state index contributed by atoms with van der Waals surface area (Å²) in [6, 6.07) is 0. The lowest BCUT2D eigenvalue weighted by atomic mass is 10.1. The highest BCUT2D eigenvalue weighted by molar-refractivity contribution is 7.47. The van der Waals surface area contributed by atoms with Gasteiger partial charge in [0.1, 0.15) is 12.7 Å². The fourth-order valence-electron chi connectivity index (χ4n) is 6.25. The second-order valence-electron chi connectivity index (χ2n) is 16.9. The molecule has 0 aliphatic carbocycles. The van der Waals surface area contributed by atoms with Crippen molar-refractivity contribution in [3.8, 4) is 0 Å². The van der Waals surface area contributed by atoms with E-state index in [9.17, 15) is 28.9 Å². The minimum absolute atomic E-state index is 0.0182. The molecule has 0 amide bonds. The molecule has 12 heteroatoms. The van der Waals surface area contributed by atoms with Crippen LogP contribution in [0.15, 0.2) is 146 Å². The van der Waals surface area contributed by atoms with Crippen molar-refractivity contribution in [2.75, 3.05) is 26.4 Å². The zero-order valence-electron chi connectivity index (χ0n) is 44.3. The fraction of sp³-hybridized carbons (Fsp3) is 0.550. The van der Waals surface area contributed by atoms with Crippen LogP contribution in [-0.4, -0.2) is 66.5 Å². The molecule has 0 rings (SSSR count). The van der Waals surface area contributed by atoms with E-state index in [2.05, 4.69) is 142 Å². The number of phosphoric acid groups is 1. The summed E-state index contributed by atoms with van der Waals surface area (Å²) in [5.41, 5.74) is 0. The molecule has 3 atom stereocenters. The Bertz CT molecular complexity index is 1760. The molecule has 0 aliphatic heterocycles. The van der Waals surface area contributed by atoms with Crippen LogP contribution >= 0.6 is 7.82 Å². The minimum atomic E-state index is -4.79. The van der Waals surface area contributed by atoms with Gasteiger partial charge in [0.25, 0.3) is 0 Å². The molecule has 72 heavy (non-hydrogen) atoms. The summed E-state index contributed by atoms with van der Waals surface area (Å²) in [5, 5.41) is 9.78. The summed E-state index contributed by atoms with van der Waals surface area (Å²) in [7, 11) is -4.79. The standard InChI is InChI=1S/C60H93O11P/c1-4-7-10-13-16-19-22-25-26-27-28-29-30-33-36-39-42-45-48-51-60(64)71-57(53-67-58(62)49-46-43-40-37-34-31-23-20-17-14-11-8-5-2)55-69-72(65,66)68-54-56(52-61)70-59(63)50-47-44-41-38-35-32-24-21-18-15-12-9-6-3/h7-8,10-12,15-17,19-21,24-26,28-29,31,33-34,36,40,42-43,45,56-57,61H,4-6,9,13-14,18,22-23,27,30,32,35,37-39,41,44,46-55H2,1-3H3,(H,65,66)/b10-7-,11-8-,15-12-,19-16-,20-17-,24-21-,26-25-,29-28-,34-31-,36-33-,43-40-,45-42-. The molecule has 0 bridgehead atoms. The molecule has 3 unspecified atom stereocenters. The van der Waals surface area contributed by atoms with Gasteiger partial charge in [-0.05, 0) is 109 Å². The lowest BCUT2D eigenvalue weighted by Crippen LogP contribution is -2.30.